The number of hydrogen-bond acceptors (Lipinski definition) is 2. The van der Waals surface area contributed by atoms with Crippen LogP contribution in [0.1, 0.15) is 47.5 Å². The van der Waals surface area contributed by atoms with E-state index >= 15 is 0 Å². The van der Waals surface area contributed by atoms with E-state index in [0.717, 1.165) is 32.0 Å². The van der Waals surface area contributed by atoms with Gasteiger partial charge in [-0.2, -0.15) is 0 Å². The SMILES string of the molecule is CC(C)CCOCCC(C(C)C)C(C)N. The second kappa shape index (κ2) is 8.12. The van der Waals surface area contributed by atoms with Gasteiger partial charge in [-0.1, -0.05) is 27.7 Å². The lowest BCUT2D eigenvalue weighted by Gasteiger charge is -2.24. The van der Waals surface area contributed by atoms with E-state index in [1.54, 1.807) is 0 Å². The summed E-state index contributed by atoms with van der Waals surface area (Å²) in [6, 6.07) is 0.277. The van der Waals surface area contributed by atoms with Gasteiger partial charge in [-0.15, -0.1) is 0 Å². The van der Waals surface area contributed by atoms with Crippen LogP contribution in [-0.2, 0) is 4.74 Å². The van der Waals surface area contributed by atoms with Gasteiger partial charge in [-0.05, 0) is 37.5 Å². The van der Waals surface area contributed by atoms with Gasteiger partial charge in [0.05, 0.1) is 0 Å². The largest absolute Gasteiger partial charge is 0.381 e. The number of ether oxygens (including phenoxy) is 1. The summed E-state index contributed by atoms with van der Waals surface area (Å²) in [6.07, 6.45) is 2.25. The Morgan fingerprint density at radius 2 is 1.47 bits per heavy atom. The molecule has 0 spiro atoms. The van der Waals surface area contributed by atoms with Crippen molar-refractivity contribution in [1.82, 2.24) is 0 Å². The third kappa shape index (κ3) is 7.80. The van der Waals surface area contributed by atoms with Crippen LogP contribution in [0, 0.1) is 17.8 Å². The molecule has 2 unspecified atom stereocenters. The molecule has 0 fully saturated rings. The van der Waals surface area contributed by atoms with E-state index < -0.39 is 0 Å². The van der Waals surface area contributed by atoms with Gasteiger partial charge in [-0.3, -0.25) is 0 Å². The Hall–Kier alpha value is -0.0800. The molecule has 0 aromatic carbocycles. The lowest BCUT2D eigenvalue weighted by atomic mass is 9.87. The second-order valence-corrected chi connectivity index (χ2v) is 5.35. The summed E-state index contributed by atoms with van der Waals surface area (Å²) in [5, 5.41) is 0. The summed E-state index contributed by atoms with van der Waals surface area (Å²) in [4.78, 5) is 0. The number of rotatable bonds is 8. The molecular weight excluding hydrogens is 186 g/mol. The van der Waals surface area contributed by atoms with Gasteiger partial charge in [0, 0.05) is 19.3 Å². The van der Waals surface area contributed by atoms with Crippen LogP contribution in [0.2, 0.25) is 0 Å². The maximum atomic E-state index is 5.94. The molecule has 0 aliphatic rings. The van der Waals surface area contributed by atoms with Crippen LogP contribution < -0.4 is 5.73 Å². The Bertz CT molecular complexity index is 135. The monoisotopic (exact) mass is 215 g/mol. The second-order valence-electron chi connectivity index (χ2n) is 5.35. The van der Waals surface area contributed by atoms with Gasteiger partial charge in [-0.25, -0.2) is 0 Å². The molecular formula is C13H29NO. The first-order valence-corrected chi connectivity index (χ1v) is 6.28. The van der Waals surface area contributed by atoms with Crippen molar-refractivity contribution in [3.05, 3.63) is 0 Å². The van der Waals surface area contributed by atoms with Gasteiger partial charge in [0.25, 0.3) is 0 Å². The first-order chi connectivity index (χ1) is 6.95. The summed E-state index contributed by atoms with van der Waals surface area (Å²) >= 11 is 0. The van der Waals surface area contributed by atoms with Crippen molar-refractivity contribution in [3.63, 3.8) is 0 Å². The van der Waals surface area contributed by atoms with Crippen molar-refractivity contribution in [2.24, 2.45) is 23.5 Å². The number of hydrogen-bond donors (Lipinski definition) is 1. The van der Waals surface area contributed by atoms with E-state index in [2.05, 4.69) is 34.6 Å². The van der Waals surface area contributed by atoms with Crippen LogP contribution >= 0.6 is 0 Å². The predicted molar refractivity (Wildman–Crippen MR) is 66.9 cm³/mol. The lowest BCUT2D eigenvalue weighted by Crippen LogP contribution is -2.31. The highest BCUT2D eigenvalue weighted by Crippen LogP contribution is 2.18. The van der Waals surface area contributed by atoms with E-state index in [9.17, 15) is 0 Å². The van der Waals surface area contributed by atoms with Crippen LogP contribution in [0.15, 0.2) is 0 Å². The molecule has 0 rings (SSSR count). The van der Waals surface area contributed by atoms with Crippen molar-refractivity contribution in [3.8, 4) is 0 Å². The Balaban J connectivity index is 3.55. The quantitative estimate of drug-likeness (QED) is 0.632. The lowest BCUT2D eigenvalue weighted by molar-refractivity contribution is 0.100. The van der Waals surface area contributed by atoms with E-state index in [0.29, 0.717) is 11.8 Å². The topological polar surface area (TPSA) is 35.2 Å². The average Bonchev–Trinajstić information content (AvgIpc) is 2.08. The molecule has 0 heterocycles. The van der Waals surface area contributed by atoms with Crippen molar-refractivity contribution in [1.29, 1.82) is 0 Å². The highest BCUT2D eigenvalue weighted by atomic mass is 16.5. The summed E-state index contributed by atoms with van der Waals surface area (Å²) < 4.78 is 5.62. The molecule has 92 valence electrons. The molecule has 2 heteroatoms. The minimum absolute atomic E-state index is 0.277. The van der Waals surface area contributed by atoms with Crippen LogP contribution in [0.4, 0.5) is 0 Å². The Labute approximate surface area is 95.6 Å². The molecule has 0 aromatic heterocycles. The average molecular weight is 215 g/mol. The Kier molecular flexibility index (Phi) is 8.07. The molecule has 15 heavy (non-hydrogen) atoms. The van der Waals surface area contributed by atoms with Gasteiger partial charge in [0.15, 0.2) is 0 Å². The minimum Gasteiger partial charge on any atom is -0.381 e. The zero-order valence-electron chi connectivity index (χ0n) is 11.1. The first-order valence-electron chi connectivity index (χ1n) is 6.28. The summed E-state index contributed by atoms with van der Waals surface area (Å²) in [7, 11) is 0. The first kappa shape index (κ1) is 14.9. The van der Waals surface area contributed by atoms with Crippen LogP contribution in [0.5, 0.6) is 0 Å². The molecule has 0 saturated heterocycles. The fourth-order valence-electron chi connectivity index (χ4n) is 1.84. The fraction of sp³-hybridized carbons (Fsp3) is 1.00. The molecule has 0 amide bonds. The zero-order valence-corrected chi connectivity index (χ0v) is 11.1. The molecule has 0 aromatic rings. The zero-order chi connectivity index (χ0) is 11.8. The van der Waals surface area contributed by atoms with Crippen molar-refractivity contribution < 1.29 is 4.74 Å². The maximum absolute atomic E-state index is 5.94. The van der Waals surface area contributed by atoms with Crippen LogP contribution in [0.25, 0.3) is 0 Å². The molecule has 0 radical (unpaired) electrons. The van der Waals surface area contributed by atoms with E-state index in [-0.39, 0.29) is 6.04 Å². The molecule has 2 atom stereocenters. The van der Waals surface area contributed by atoms with Crippen LogP contribution in [0.3, 0.4) is 0 Å². The highest BCUT2D eigenvalue weighted by Gasteiger charge is 2.17. The number of nitrogens with two attached hydrogens (primary N) is 1. The van der Waals surface area contributed by atoms with E-state index in [1.165, 1.54) is 0 Å². The summed E-state index contributed by atoms with van der Waals surface area (Å²) in [5.41, 5.74) is 5.94. The van der Waals surface area contributed by atoms with Crippen molar-refractivity contribution in [2.45, 2.75) is 53.5 Å². The Morgan fingerprint density at radius 1 is 0.933 bits per heavy atom. The Morgan fingerprint density at radius 3 is 1.87 bits per heavy atom. The van der Waals surface area contributed by atoms with Crippen molar-refractivity contribution in [2.75, 3.05) is 13.2 Å². The van der Waals surface area contributed by atoms with Gasteiger partial charge >= 0.3 is 0 Å². The normalized spacial score (nSPS) is 16.0. The highest BCUT2D eigenvalue weighted by molar-refractivity contribution is 4.71. The van der Waals surface area contributed by atoms with Crippen LogP contribution in [-0.4, -0.2) is 19.3 Å². The smallest absolute Gasteiger partial charge is 0.0469 e. The maximum Gasteiger partial charge on any atom is 0.0469 e. The minimum atomic E-state index is 0.277. The van der Waals surface area contributed by atoms with Gasteiger partial charge in [0.1, 0.15) is 0 Å². The van der Waals surface area contributed by atoms with E-state index in [4.69, 9.17) is 10.5 Å². The molecule has 2 N–H and O–H groups in total. The summed E-state index contributed by atoms with van der Waals surface area (Å²) in [6.45, 7) is 12.8. The standard InChI is InChI=1S/C13H29NO/c1-10(2)6-8-15-9-7-13(11(3)4)12(5)14/h10-13H,6-9,14H2,1-5H3. The summed E-state index contributed by atoms with van der Waals surface area (Å²) in [5.74, 6) is 1.97. The van der Waals surface area contributed by atoms with Crippen molar-refractivity contribution >= 4 is 0 Å². The third-order valence-electron chi connectivity index (χ3n) is 2.97. The third-order valence-corrected chi connectivity index (χ3v) is 2.97. The molecule has 0 aliphatic carbocycles. The molecule has 2 nitrogen and oxygen atoms in total. The van der Waals surface area contributed by atoms with Gasteiger partial charge in [0.2, 0.25) is 0 Å². The molecule has 0 saturated carbocycles. The van der Waals surface area contributed by atoms with E-state index in [1.807, 2.05) is 0 Å². The predicted octanol–water partition coefficient (Wildman–Crippen LogP) is 3.06. The molecule has 0 aliphatic heterocycles. The fourth-order valence-corrected chi connectivity index (χ4v) is 1.84. The molecule has 0 bridgehead atoms. The van der Waals surface area contributed by atoms with Gasteiger partial charge < -0.3 is 10.5 Å².